The van der Waals surface area contributed by atoms with Crippen LogP contribution in [0, 0.1) is 10.1 Å². The summed E-state index contributed by atoms with van der Waals surface area (Å²) in [6.45, 7) is 5.52. The Labute approximate surface area is 117 Å². The van der Waals surface area contributed by atoms with E-state index < -0.39 is 16.6 Å². The molecular weight excluding hydrogens is 289 g/mol. The molecule has 16 heavy (non-hydrogen) atoms. The van der Waals surface area contributed by atoms with Crippen molar-refractivity contribution >= 4 is 11.7 Å². The monoisotopic (exact) mass is 301 g/mol. The molecule has 1 aromatic rings. The third-order valence-electron chi connectivity index (χ3n) is 2.02. The van der Waals surface area contributed by atoms with E-state index in [0.29, 0.717) is 5.69 Å². The largest absolute Gasteiger partial charge is 0.476 e. The number of carboxylic acid groups (broad SMARTS) is 1. The van der Waals surface area contributed by atoms with Crippen LogP contribution in [0.4, 0.5) is 5.69 Å². The molecule has 0 aliphatic rings. The summed E-state index contributed by atoms with van der Waals surface area (Å²) in [6, 6.07) is 1.27. The first-order valence-corrected chi connectivity index (χ1v) is 4.34. The van der Waals surface area contributed by atoms with Gasteiger partial charge in [0.05, 0.1) is 4.92 Å². The smallest absolute Gasteiger partial charge is 0.359 e. The number of carbonyl (C=O) groups is 1. The van der Waals surface area contributed by atoms with Gasteiger partial charge < -0.3 is 10.1 Å². The van der Waals surface area contributed by atoms with E-state index in [4.69, 9.17) is 5.11 Å². The van der Waals surface area contributed by atoms with Gasteiger partial charge in [0.25, 0.3) is 0 Å². The number of aromatic carboxylic acids is 1. The Bertz CT molecular complexity index is 388. The Morgan fingerprint density at radius 1 is 1.50 bits per heavy atom. The molecule has 0 amide bonds. The first-order chi connectivity index (χ1) is 6.73. The van der Waals surface area contributed by atoms with Gasteiger partial charge in [0.1, 0.15) is 0 Å². The van der Waals surface area contributed by atoms with Crippen molar-refractivity contribution in [3.8, 4) is 0 Å². The number of rotatable bonds is 2. The molecule has 0 saturated heterocycles. The van der Waals surface area contributed by atoms with Crippen LogP contribution in [0.2, 0.25) is 0 Å². The number of hydrogen-bond acceptors (Lipinski definition) is 3. The molecule has 0 unspecified atom stereocenters. The Morgan fingerprint density at radius 3 is 2.25 bits per heavy atom. The molecule has 0 bridgehead atoms. The Hall–Kier alpha value is -0.746. The second kappa shape index (κ2) is 5.06. The average molecular weight is 301 g/mol. The number of aromatic nitrogens is 1. The Balaban J connectivity index is 0.00000225. The van der Waals surface area contributed by atoms with Gasteiger partial charge in [-0.2, -0.15) is 0 Å². The maximum atomic E-state index is 10.7. The van der Waals surface area contributed by atoms with Gasteiger partial charge in [-0.1, -0.05) is 20.8 Å². The first kappa shape index (κ1) is 15.3. The van der Waals surface area contributed by atoms with Crippen LogP contribution in [-0.2, 0) is 38.1 Å². The van der Waals surface area contributed by atoms with Crippen LogP contribution in [0.25, 0.3) is 0 Å². The summed E-state index contributed by atoms with van der Waals surface area (Å²) in [5.74, 6) is -1.32. The molecule has 85 valence electrons. The number of H-pyrrole nitrogens is 1. The van der Waals surface area contributed by atoms with Gasteiger partial charge in [-0.15, -0.1) is 0 Å². The van der Waals surface area contributed by atoms with E-state index in [-0.39, 0.29) is 43.8 Å². The first-order valence-electron chi connectivity index (χ1n) is 4.34. The molecule has 1 heterocycles. The van der Waals surface area contributed by atoms with Crippen molar-refractivity contribution in [3.05, 3.63) is 27.6 Å². The van der Waals surface area contributed by atoms with Crippen molar-refractivity contribution in [1.29, 1.82) is 0 Å². The molecule has 0 atom stereocenters. The molecule has 1 rings (SSSR count). The van der Waals surface area contributed by atoms with Gasteiger partial charge in [-0.05, 0) is 0 Å². The second-order valence-electron chi connectivity index (χ2n) is 4.26. The number of aromatic amines is 1. The number of nitrogens with one attached hydrogen (secondary N) is 1. The van der Waals surface area contributed by atoms with Crippen LogP contribution >= 0.6 is 0 Å². The molecule has 0 spiro atoms. The van der Waals surface area contributed by atoms with Crippen molar-refractivity contribution in [1.82, 2.24) is 4.98 Å². The van der Waals surface area contributed by atoms with Crippen LogP contribution in [0.3, 0.4) is 0 Å². The Morgan fingerprint density at radius 2 is 2.00 bits per heavy atom. The molecule has 7 heteroatoms. The zero-order valence-corrected chi connectivity index (χ0v) is 12.1. The molecular formula is C9H12N2O4Y. The standard InChI is InChI=1S/C9H12N2O4.Y/c1-9(2,3)6-4-5(11(14)15)7(10-6)8(12)13;/h4,10H,1-3H3,(H,12,13);. The molecule has 0 aliphatic heterocycles. The molecule has 6 nitrogen and oxygen atoms in total. The quantitative estimate of drug-likeness (QED) is 0.644. The van der Waals surface area contributed by atoms with Crippen molar-refractivity contribution in [2.75, 3.05) is 0 Å². The van der Waals surface area contributed by atoms with Crippen molar-refractivity contribution in [2.24, 2.45) is 0 Å². The van der Waals surface area contributed by atoms with E-state index >= 15 is 0 Å². The zero-order valence-electron chi connectivity index (χ0n) is 9.27. The minimum Gasteiger partial charge on any atom is -0.476 e. The number of nitrogens with zero attached hydrogens (tertiary/aromatic N) is 1. The van der Waals surface area contributed by atoms with Crippen LogP contribution in [0.5, 0.6) is 0 Å². The van der Waals surface area contributed by atoms with Crippen molar-refractivity contribution in [2.45, 2.75) is 26.2 Å². The van der Waals surface area contributed by atoms with Gasteiger partial charge in [0.15, 0.2) is 0 Å². The minimum absolute atomic E-state index is 0. The minimum atomic E-state index is -1.32. The van der Waals surface area contributed by atoms with Crippen molar-refractivity contribution < 1.29 is 47.5 Å². The number of hydrogen-bond donors (Lipinski definition) is 2. The van der Waals surface area contributed by atoms with E-state index in [1.165, 1.54) is 6.07 Å². The maximum absolute atomic E-state index is 10.7. The van der Waals surface area contributed by atoms with Crippen LogP contribution in [0.1, 0.15) is 37.0 Å². The van der Waals surface area contributed by atoms with E-state index in [1.54, 1.807) is 0 Å². The fourth-order valence-corrected chi connectivity index (χ4v) is 1.15. The molecule has 1 radical (unpaired) electrons. The normalized spacial score (nSPS) is 10.7. The summed E-state index contributed by atoms with van der Waals surface area (Å²) in [7, 11) is 0. The maximum Gasteiger partial charge on any atom is 0.359 e. The van der Waals surface area contributed by atoms with E-state index in [9.17, 15) is 14.9 Å². The third kappa shape index (κ3) is 3.12. The van der Waals surface area contributed by atoms with Crippen molar-refractivity contribution in [3.63, 3.8) is 0 Å². The molecule has 0 saturated carbocycles. The summed E-state index contributed by atoms with van der Waals surface area (Å²) < 4.78 is 0. The second-order valence-corrected chi connectivity index (χ2v) is 4.26. The van der Waals surface area contributed by atoms with Crippen LogP contribution in [-0.4, -0.2) is 21.0 Å². The molecule has 0 fully saturated rings. The number of nitro groups is 1. The van der Waals surface area contributed by atoms with Gasteiger partial charge in [0.2, 0.25) is 5.69 Å². The molecule has 0 aliphatic carbocycles. The third-order valence-corrected chi connectivity index (χ3v) is 2.02. The Kier molecular flexibility index (Phi) is 4.82. The summed E-state index contributed by atoms with van der Waals surface area (Å²) in [5, 5.41) is 19.3. The molecule has 0 aromatic carbocycles. The van der Waals surface area contributed by atoms with Crippen LogP contribution in [0.15, 0.2) is 6.07 Å². The van der Waals surface area contributed by atoms with Gasteiger partial charge in [-0.25, -0.2) is 4.79 Å². The fraction of sp³-hybridized carbons (Fsp3) is 0.444. The van der Waals surface area contributed by atoms with E-state index in [1.807, 2.05) is 20.8 Å². The van der Waals surface area contributed by atoms with E-state index in [2.05, 4.69) is 4.98 Å². The summed E-state index contributed by atoms with van der Waals surface area (Å²) in [4.78, 5) is 23.2. The molecule has 2 N–H and O–H groups in total. The summed E-state index contributed by atoms with van der Waals surface area (Å²) in [6.07, 6.45) is 0. The average Bonchev–Trinajstić information content (AvgIpc) is 2.45. The molecule has 1 aromatic heterocycles. The fourth-order valence-electron chi connectivity index (χ4n) is 1.15. The summed E-state index contributed by atoms with van der Waals surface area (Å²) >= 11 is 0. The SMILES string of the molecule is CC(C)(C)c1cc([N+](=O)[O-])c(C(=O)O)[nH]1.[Y]. The predicted molar refractivity (Wildman–Crippen MR) is 53.1 cm³/mol. The zero-order chi connectivity index (χ0) is 11.8. The predicted octanol–water partition coefficient (Wildman–Crippen LogP) is 1.92. The van der Waals surface area contributed by atoms with Gasteiger partial charge in [0, 0.05) is 49.9 Å². The number of carboxylic acids is 1. The topological polar surface area (TPSA) is 96.2 Å². The van der Waals surface area contributed by atoms with Crippen LogP contribution < -0.4 is 0 Å². The van der Waals surface area contributed by atoms with Gasteiger partial charge in [-0.3, -0.25) is 10.1 Å². The van der Waals surface area contributed by atoms with Gasteiger partial charge >= 0.3 is 11.7 Å². The van der Waals surface area contributed by atoms with E-state index in [0.717, 1.165) is 0 Å². The summed E-state index contributed by atoms with van der Waals surface area (Å²) in [5.41, 5.74) is -0.581.